The Bertz CT molecular complexity index is 1300. The van der Waals surface area contributed by atoms with Crippen LogP contribution in [0.3, 0.4) is 0 Å². The van der Waals surface area contributed by atoms with Gasteiger partial charge in [0.2, 0.25) is 0 Å². The number of carbonyl (C=O) groups is 1. The molecule has 3 aromatic rings. The fourth-order valence-corrected chi connectivity index (χ4v) is 5.33. The van der Waals surface area contributed by atoms with Gasteiger partial charge in [0.15, 0.2) is 5.78 Å². The molecule has 1 fully saturated rings. The van der Waals surface area contributed by atoms with Crippen LogP contribution in [-0.4, -0.2) is 93.3 Å². The minimum absolute atomic E-state index is 0.0329. The fourth-order valence-electron chi connectivity index (χ4n) is 5.33. The Morgan fingerprint density at radius 1 is 1.00 bits per heavy atom. The summed E-state index contributed by atoms with van der Waals surface area (Å²) in [5, 5.41) is 12.8. The predicted octanol–water partition coefficient (Wildman–Crippen LogP) is 5.13. The second-order valence-electron chi connectivity index (χ2n) is 10.3. The van der Waals surface area contributed by atoms with Crippen molar-refractivity contribution in [1.29, 1.82) is 0 Å². The zero-order chi connectivity index (χ0) is 29.0. The number of likely N-dealkylation sites (N-methyl/N-ethyl adjacent to an activating group) is 1. The molecule has 0 aliphatic carbocycles. The smallest absolute Gasteiger partial charge is 0.187 e. The summed E-state index contributed by atoms with van der Waals surface area (Å²) >= 11 is 0. The normalized spacial score (nSPS) is 14.1. The van der Waals surface area contributed by atoms with Crippen molar-refractivity contribution >= 4 is 23.2 Å². The van der Waals surface area contributed by atoms with Gasteiger partial charge >= 0.3 is 0 Å². The molecule has 0 atom stereocenters. The Morgan fingerprint density at radius 2 is 1.78 bits per heavy atom. The summed E-state index contributed by atoms with van der Waals surface area (Å²) in [4.78, 5) is 20.7. The Balaban J connectivity index is 1.57. The largest absolute Gasteiger partial charge is 0.496 e. The highest BCUT2D eigenvalue weighted by molar-refractivity contribution is 6.11. The summed E-state index contributed by atoms with van der Waals surface area (Å²) in [6, 6.07) is 22.2. The Morgan fingerprint density at radius 3 is 2.51 bits per heavy atom. The minimum atomic E-state index is -0.0329. The van der Waals surface area contributed by atoms with Gasteiger partial charge in [0.25, 0.3) is 0 Å². The summed E-state index contributed by atoms with van der Waals surface area (Å²) < 4.78 is 5.61. The molecule has 1 aliphatic rings. The number of hydrogen-bond acceptors (Lipinski definition) is 7. The second-order valence-corrected chi connectivity index (χ2v) is 10.3. The maximum absolute atomic E-state index is 13.8. The number of ketones is 1. The molecule has 0 radical (unpaired) electrons. The molecular formula is C34H44N4O3. The van der Waals surface area contributed by atoms with E-state index >= 15 is 0 Å². The summed E-state index contributed by atoms with van der Waals surface area (Å²) in [6.45, 7) is 12.5. The molecule has 7 heteroatoms. The van der Waals surface area contributed by atoms with Crippen LogP contribution in [0.15, 0.2) is 72.8 Å². The lowest BCUT2D eigenvalue weighted by Crippen LogP contribution is -2.47. The van der Waals surface area contributed by atoms with Gasteiger partial charge in [0.1, 0.15) is 5.75 Å². The standard InChI is InChI=1S/C34H44N4O3/c1-4-36(5-2)18-17-35-29-10-8-9-27(25-29)13-16-33(40)31-26-28(30-11-6-7-12-34(30)41-3)14-15-32(31)38-21-19-37(20-22-38)23-24-39/h6-16,25-26,35,39H,4-5,17-24H2,1-3H3. The Kier molecular flexibility index (Phi) is 11.4. The van der Waals surface area contributed by atoms with Gasteiger partial charge in [-0.05, 0) is 60.6 Å². The number of β-amino-alcohol motifs (C(OH)–C–C–N with tert-alkyl or cyclic N) is 1. The first-order chi connectivity index (χ1) is 20.1. The number of nitrogens with one attached hydrogen (secondary N) is 1. The van der Waals surface area contributed by atoms with Gasteiger partial charge in [-0.3, -0.25) is 9.69 Å². The number of methoxy groups -OCH3 is 1. The van der Waals surface area contributed by atoms with E-state index in [2.05, 4.69) is 58.1 Å². The first-order valence-electron chi connectivity index (χ1n) is 14.7. The van der Waals surface area contributed by atoms with E-state index in [1.165, 1.54) is 0 Å². The molecule has 0 spiro atoms. The first-order valence-corrected chi connectivity index (χ1v) is 14.7. The van der Waals surface area contributed by atoms with Crippen molar-refractivity contribution in [2.45, 2.75) is 13.8 Å². The summed E-state index contributed by atoms with van der Waals surface area (Å²) in [7, 11) is 1.67. The van der Waals surface area contributed by atoms with Crippen molar-refractivity contribution in [2.24, 2.45) is 0 Å². The SMILES string of the molecule is CCN(CC)CCNc1cccc(C=CC(=O)c2cc(-c3ccccc3OC)ccc2N2CCN(CCO)CC2)c1. The van der Waals surface area contributed by atoms with Gasteiger partial charge in [0.05, 0.1) is 13.7 Å². The number of nitrogens with zero attached hydrogens (tertiary/aromatic N) is 3. The van der Waals surface area contributed by atoms with Gasteiger partial charge < -0.3 is 25.0 Å². The topological polar surface area (TPSA) is 68.3 Å². The van der Waals surface area contributed by atoms with Crippen molar-refractivity contribution in [3.63, 3.8) is 0 Å². The molecule has 1 aliphatic heterocycles. The van der Waals surface area contributed by atoms with E-state index < -0.39 is 0 Å². The number of ether oxygens (including phenoxy) is 1. The summed E-state index contributed by atoms with van der Waals surface area (Å²) in [5.74, 6) is 0.742. The number of aliphatic hydroxyl groups is 1. The zero-order valence-electron chi connectivity index (χ0n) is 24.7. The van der Waals surface area contributed by atoms with Gasteiger partial charge in [-0.1, -0.05) is 56.3 Å². The van der Waals surface area contributed by atoms with Gasteiger partial charge in [-0.2, -0.15) is 0 Å². The van der Waals surface area contributed by atoms with Gasteiger partial charge in [-0.25, -0.2) is 0 Å². The number of piperazine rings is 1. The van der Waals surface area contributed by atoms with Crippen LogP contribution in [0, 0.1) is 0 Å². The molecule has 7 nitrogen and oxygen atoms in total. The molecule has 4 rings (SSSR count). The van der Waals surface area contributed by atoms with Crippen molar-refractivity contribution < 1.29 is 14.6 Å². The fraction of sp³-hybridized carbons (Fsp3) is 0.382. The number of benzene rings is 3. The number of aliphatic hydroxyl groups excluding tert-OH is 1. The highest BCUT2D eigenvalue weighted by atomic mass is 16.5. The third-order valence-electron chi connectivity index (χ3n) is 7.77. The van der Waals surface area contributed by atoms with E-state index in [1.807, 2.05) is 48.5 Å². The third-order valence-corrected chi connectivity index (χ3v) is 7.77. The molecule has 41 heavy (non-hydrogen) atoms. The van der Waals surface area contributed by atoms with Crippen molar-refractivity contribution in [2.75, 3.05) is 82.8 Å². The molecule has 1 saturated heterocycles. The Labute approximate surface area is 245 Å². The van der Waals surface area contributed by atoms with E-state index in [0.29, 0.717) is 12.1 Å². The third kappa shape index (κ3) is 8.19. The average molecular weight is 557 g/mol. The van der Waals surface area contributed by atoms with Gasteiger partial charge in [-0.15, -0.1) is 0 Å². The van der Waals surface area contributed by atoms with Crippen LogP contribution in [0.4, 0.5) is 11.4 Å². The lowest BCUT2D eigenvalue weighted by molar-refractivity contribution is 0.104. The zero-order valence-corrected chi connectivity index (χ0v) is 24.7. The Hall–Kier alpha value is -3.65. The van der Waals surface area contributed by atoms with Crippen molar-refractivity contribution in [3.05, 3.63) is 83.9 Å². The number of anilines is 2. The number of allylic oxidation sites excluding steroid dienone is 1. The first kappa shape index (κ1) is 30.3. The highest BCUT2D eigenvalue weighted by Gasteiger charge is 2.22. The lowest BCUT2D eigenvalue weighted by Gasteiger charge is -2.36. The molecule has 0 unspecified atom stereocenters. The van der Waals surface area contributed by atoms with Crippen LogP contribution in [0.2, 0.25) is 0 Å². The van der Waals surface area contributed by atoms with Crippen LogP contribution < -0.4 is 15.0 Å². The average Bonchev–Trinajstić information content (AvgIpc) is 3.02. The molecule has 0 amide bonds. The number of rotatable bonds is 14. The van der Waals surface area contributed by atoms with E-state index in [9.17, 15) is 9.90 Å². The van der Waals surface area contributed by atoms with Crippen LogP contribution in [0.5, 0.6) is 5.75 Å². The number of para-hydroxylation sites is 1. The maximum Gasteiger partial charge on any atom is 0.187 e. The van der Waals surface area contributed by atoms with Crippen molar-refractivity contribution in [1.82, 2.24) is 9.80 Å². The summed E-state index contributed by atoms with van der Waals surface area (Å²) in [6.07, 6.45) is 3.58. The molecule has 1 heterocycles. The van der Waals surface area contributed by atoms with E-state index in [4.69, 9.17) is 4.74 Å². The van der Waals surface area contributed by atoms with E-state index in [1.54, 1.807) is 13.2 Å². The van der Waals surface area contributed by atoms with E-state index in [-0.39, 0.29) is 12.4 Å². The molecule has 218 valence electrons. The van der Waals surface area contributed by atoms with Crippen molar-refractivity contribution in [3.8, 4) is 16.9 Å². The molecule has 0 aromatic heterocycles. The highest BCUT2D eigenvalue weighted by Crippen LogP contribution is 2.34. The predicted molar refractivity (Wildman–Crippen MR) is 170 cm³/mol. The van der Waals surface area contributed by atoms with Gasteiger partial charge in [0, 0.05) is 68.3 Å². The van der Waals surface area contributed by atoms with Crippen LogP contribution in [0.1, 0.15) is 29.8 Å². The quantitative estimate of drug-likeness (QED) is 0.211. The molecular weight excluding hydrogens is 512 g/mol. The second kappa shape index (κ2) is 15.4. The summed E-state index contributed by atoms with van der Waals surface area (Å²) in [5.41, 5.74) is 5.54. The van der Waals surface area contributed by atoms with Crippen LogP contribution in [-0.2, 0) is 0 Å². The number of carbonyl (C=O) groups excluding carboxylic acids is 1. The molecule has 2 N–H and O–H groups in total. The number of hydrogen-bond donors (Lipinski definition) is 2. The molecule has 3 aromatic carbocycles. The minimum Gasteiger partial charge on any atom is -0.496 e. The van der Waals surface area contributed by atoms with Crippen LogP contribution >= 0.6 is 0 Å². The maximum atomic E-state index is 13.8. The lowest BCUT2D eigenvalue weighted by atomic mass is 9.97. The van der Waals surface area contributed by atoms with E-state index in [0.717, 1.165) is 86.2 Å². The molecule has 0 saturated carbocycles. The molecule has 0 bridgehead atoms. The van der Waals surface area contributed by atoms with Crippen LogP contribution in [0.25, 0.3) is 17.2 Å². The monoisotopic (exact) mass is 556 g/mol.